The van der Waals surface area contributed by atoms with Gasteiger partial charge in [0.2, 0.25) is 0 Å². The van der Waals surface area contributed by atoms with Crippen LogP contribution in [0.3, 0.4) is 0 Å². The van der Waals surface area contributed by atoms with E-state index in [1.807, 2.05) is 6.92 Å². The van der Waals surface area contributed by atoms with Gasteiger partial charge in [-0.25, -0.2) is 0 Å². The SMILES string of the molecule is C/C=C(\O)CCCC. The predicted molar refractivity (Wildman–Crippen MR) is 35.9 cm³/mol. The van der Waals surface area contributed by atoms with E-state index < -0.39 is 0 Å². The van der Waals surface area contributed by atoms with Crippen LogP contribution in [0.2, 0.25) is 0 Å². The average molecular weight is 114 g/mol. The fourth-order valence-electron chi connectivity index (χ4n) is 0.502. The number of rotatable bonds is 3. The van der Waals surface area contributed by atoms with Crippen LogP contribution in [-0.4, -0.2) is 5.11 Å². The van der Waals surface area contributed by atoms with Crippen molar-refractivity contribution in [3.63, 3.8) is 0 Å². The van der Waals surface area contributed by atoms with Crippen LogP contribution in [0, 0.1) is 0 Å². The molecule has 0 amide bonds. The van der Waals surface area contributed by atoms with Crippen LogP contribution in [0.1, 0.15) is 33.1 Å². The first-order chi connectivity index (χ1) is 3.81. The summed E-state index contributed by atoms with van der Waals surface area (Å²) >= 11 is 0. The van der Waals surface area contributed by atoms with Gasteiger partial charge in [-0.1, -0.05) is 13.3 Å². The molecule has 0 rings (SSSR count). The Morgan fingerprint density at radius 2 is 2.25 bits per heavy atom. The molecule has 1 nitrogen and oxygen atoms in total. The highest BCUT2D eigenvalue weighted by atomic mass is 16.3. The molecule has 0 aromatic heterocycles. The molecule has 0 radical (unpaired) electrons. The summed E-state index contributed by atoms with van der Waals surface area (Å²) in [6, 6.07) is 0. The fourth-order valence-corrected chi connectivity index (χ4v) is 0.502. The topological polar surface area (TPSA) is 20.2 Å². The van der Waals surface area contributed by atoms with Gasteiger partial charge in [-0.15, -0.1) is 0 Å². The van der Waals surface area contributed by atoms with Crippen molar-refractivity contribution in [1.29, 1.82) is 0 Å². The molecule has 0 heterocycles. The first kappa shape index (κ1) is 7.54. The lowest BCUT2D eigenvalue weighted by Crippen LogP contribution is -1.78. The molecule has 0 fully saturated rings. The van der Waals surface area contributed by atoms with E-state index in [1.54, 1.807) is 6.08 Å². The lowest BCUT2D eigenvalue weighted by Gasteiger charge is -1.93. The van der Waals surface area contributed by atoms with Gasteiger partial charge in [0.15, 0.2) is 0 Å². The fraction of sp³-hybridized carbons (Fsp3) is 0.714. The molecular weight excluding hydrogens is 100 g/mol. The maximum Gasteiger partial charge on any atom is 0.0880 e. The Hall–Kier alpha value is -0.460. The maximum atomic E-state index is 8.85. The Morgan fingerprint density at radius 3 is 2.62 bits per heavy atom. The first-order valence-electron chi connectivity index (χ1n) is 3.15. The van der Waals surface area contributed by atoms with Crippen LogP contribution in [0.5, 0.6) is 0 Å². The Balaban J connectivity index is 3.12. The van der Waals surface area contributed by atoms with Crippen molar-refractivity contribution in [2.24, 2.45) is 0 Å². The van der Waals surface area contributed by atoms with Crippen molar-refractivity contribution in [2.45, 2.75) is 33.1 Å². The summed E-state index contributed by atoms with van der Waals surface area (Å²) in [5.41, 5.74) is 0. The molecule has 0 aromatic rings. The summed E-state index contributed by atoms with van der Waals surface area (Å²) in [5, 5.41) is 8.85. The first-order valence-corrected chi connectivity index (χ1v) is 3.15. The molecule has 0 aliphatic rings. The lowest BCUT2D eigenvalue weighted by molar-refractivity contribution is 0.382. The summed E-state index contributed by atoms with van der Waals surface area (Å²) in [6.45, 7) is 3.97. The summed E-state index contributed by atoms with van der Waals surface area (Å²) in [4.78, 5) is 0. The molecule has 0 aliphatic heterocycles. The van der Waals surface area contributed by atoms with Gasteiger partial charge >= 0.3 is 0 Å². The third-order valence-electron chi connectivity index (χ3n) is 1.12. The summed E-state index contributed by atoms with van der Waals surface area (Å²) in [6.07, 6.45) is 4.83. The second-order valence-corrected chi connectivity index (χ2v) is 1.88. The van der Waals surface area contributed by atoms with Crippen molar-refractivity contribution in [3.05, 3.63) is 11.8 Å². The molecule has 0 spiro atoms. The molecule has 0 saturated heterocycles. The largest absolute Gasteiger partial charge is 0.513 e. The van der Waals surface area contributed by atoms with Crippen LogP contribution >= 0.6 is 0 Å². The normalized spacial score (nSPS) is 12.0. The number of hydrogen-bond acceptors (Lipinski definition) is 1. The van der Waals surface area contributed by atoms with Crippen molar-refractivity contribution in [3.8, 4) is 0 Å². The van der Waals surface area contributed by atoms with E-state index in [2.05, 4.69) is 6.92 Å². The molecular formula is C7H14O. The smallest absolute Gasteiger partial charge is 0.0880 e. The van der Waals surface area contributed by atoms with Crippen molar-refractivity contribution < 1.29 is 5.11 Å². The minimum Gasteiger partial charge on any atom is -0.513 e. The predicted octanol–water partition coefficient (Wildman–Crippen LogP) is 2.64. The zero-order valence-electron chi connectivity index (χ0n) is 5.65. The Bertz CT molecular complexity index is 74.5. The Morgan fingerprint density at radius 1 is 1.62 bits per heavy atom. The van der Waals surface area contributed by atoms with Gasteiger partial charge in [0.05, 0.1) is 5.76 Å². The highest BCUT2D eigenvalue weighted by Crippen LogP contribution is 2.01. The molecule has 0 unspecified atom stereocenters. The summed E-state index contributed by atoms with van der Waals surface area (Å²) in [7, 11) is 0. The molecule has 0 bridgehead atoms. The minimum atomic E-state index is 0.520. The van der Waals surface area contributed by atoms with E-state index in [0.717, 1.165) is 19.3 Å². The van der Waals surface area contributed by atoms with E-state index in [0.29, 0.717) is 5.76 Å². The molecule has 1 heteroatoms. The van der Waals surface area contributed by atoms with Crippen LogP contribution in [0.25, 0.3) is 0 Å². The molecule has 0 aromatic carbocycles. The van der Waals surface area contributed by atoms with Crippen LogP contribution in [-0.2, 0) is 0 Å². The number of aliphatic hydroxyl groups excluding tert-OH is 1. The van der Waals surface area contributed by atoms with Gasteiger partial charge in [0.1, 0.15) is 0 Å². The molecule has 8 heavy (non-hydrogen) atoms. The van der Waals surface area contributed by atoms with E-state index in [-0.39, 0.29) is 0 Å². The monoisotopic (exact) mass is 114 g/mol. The van der Waals surface area contributed by atoms with Gasteiger partial charge in [0, 0.05) is 6.42 Å². The highest BCUT2D eigenvalue weighted by Gasteiger charge is 1.86. The number of hydrogen-bond donors (Lipinski definition) is 1. The summed E-state index contributed by atoms with van der Waals surface area (Å²) < 4.78 is 0. The molecule has 48 valence electrons. The van der Waals surface area contributed by atoms with Gasteiger partial charge in [0.25, 0.3) is 0 Å². The van der Waals surface area contributed by atoms with Gasteiger partial charge in [-0.2, -0.15) is 0 Å². The van der Waals surface area contributed by atoms with E-state index in [4.69, 9.17) is 5.11 Å². The van der Waals surface area contributed by atoms with Crippen LogP contribution in [0.15, 0.2) is 11.8 Å². The zero-order chi connectivity index (χ0) is 6.41. The molecule has 0 saturated carbocycles. The third-order valence-corrected chi connectivity index (χ3v) is 1.12. The quantitative estimate of drug-likeness (QED) is 0.559. The molecule has 0 atom stereocenters. The zero-order valence-corrected chi connectivity index (χ0v) is 5.65. The number of aliphatic hydroxyl groups is 1. The van der Waals surface area contributed by atoms with E-state index in [1.165, 1.54) is 0 Å². The highest BCUT2D eigenvalue weighted by molar-refractivity contribution is 4.86. The van der Waals surface area contributed by atoms with Gasteiger partial charge in [-0.3, -0.25) is 0 Å². The number of unbranched alkanes of at least 4 members (excludes halogenated alkanes) is 1. The minimum absolute atomic E-state index is 0.520. The van der Waals surface area contributed by atoms with Crippen molar-refractivity contribution in [1.82, 2.24) is 0 Å². The second-order valence-electron chi connectivity index (χ2n) is 1.88. The van der Waals surface area contributed by atoms with Crippen LogP contribution < -0.4 is 0 Å². The van der Waals surface area contributed by atoms with Gasteiger partial charge < -0.3 is 5.11 Å². The maximum absolute atomic E-state index is 8.85. The van der Waals surface area contributed by atoms with E-state index >= 15 is 0 Å². The van der Waals surface area contributed by atoms with E-state index in [9.17, 15) is 0 Å². The second kappa shape index (κ2) is 4.69. The van der Waals surface area contributed by atoms with Crippen molar-refractivity contribution >= 4 is 0 Å². The standard InChI is InChI=1S/C7H14O/c1-3-5-6-7(8)4-2/h4,8H,3,5-6H2,1-2H3/b7-4-. The Labute approximate surface area is 51.0 Å². The molecule has 0 aliphatic carbocycles. The molecule has 1 N–H and O–H groups in total. The average Bonchev–Trinajstić information content (AvgIpc) is 1.83. The third kappa shape index (κ3) is 3.72. The van der Waals surface area contributed by atoms with Crippen molar-refractivity contribution in [2.75, 3.05) is 0 Å². The van der Waals surface area contributed by atoms with Gasteiger partial charge in [-0.05, 0) is 19.4 Å². The lowest BCUT2D eigenvalue weighted by atomic mass is 10.2. The Kier molecular flexibility index (Phi) is 4.42. The summed E-state index contributed by atoms with van der Waals surface area (Å²) in [5.74, 6) is 0.520. The van der Waals surface area contributed by atoms with Crippen LogP contribution in [0.4, 0.5) is 0 Å². The number of allylic oxidation sites excluding steroid dienone is 2.